The predicted molar refractivity (Wildman–Crippen MR) is 62.1 cm³/mol. The number of aliphatic hydroxyl groups is 1. The molecule has 0 unspecified atom stereocenters. The fraction of sp³-hybridized carbons (Fsp3) is 0.538. The molecule has 0 saturated heterocycles. The quantitative estimate of drug-likeness (QED) is 0.848. The van der Waals surface area contributed by atoms with Crippen LogP contribution in [0.3, 0.4) is 0 Å². The topological polar surface area (TPSA) is 38.7 Å². The number of benzene rings is 1. The standard InChI is InChI=1S/C13H18O3/c1-8(14)11-7-12(11)10-5-4-9(15-2)6-13(10)16-3/h4-6,8,11-12,14H,7H2,1-3H3/t8-,11-,12+/m1/s1. The van der Waals surface area contributed by atoms with Crippen molar-refractivity contribution in [1.29, 1.82) is 0 Å². The second kappa shape index (κ2) is 4.34. The third kappa shape index (κ3) is 2.00. The summed E-state index contributed by atoms with van der Waals surface area (Å²) in [7, 11) is 3.31. The summed E-state index contributed by atoms with van der Waals surface area (Å²) in [5.41, 5.74) is 1.18. The number of methoxy groups -OCH3 is 2. The van der Waals surface area contributed by atoms with Crippen LogP contribution < -0.4 is 9.47 Å². The molecule has 3 heteroatoms. The first kappa shape index (κ1) is 11.3. The van der Waals surface area contributed by atoms with Crippen LogP contribution in [0.1, 0.15) is 24.8 Å². The highest BCUT2D eigenvalue weighted by Gasteiger charge is 2.42. The number of hydrogen-bond donors (Lipinski definition) is 1. The van der Waals surface area contributed by atoms with E-state index in [0.29, 0.717) is 11.8 Å². The van der Waals surface area contributed by atoms with Crippen molar-refractivity contribution in [2.75, 3.05) is 14.2 Å². The van der Waals surface area contributed by atoms with E-state index in [1.54, 1.807) is 14.2 Å². The third-order valence-corrected chi connectivity index (χ3v) is 3.30. The van der Waals surface area contributed by atoms with Gasteiger partial charge in [0, 0.05) is 6.07 Å². The predicted octanol–water partition coefficient (Wildman–Crippen LogP) is 2.19. The number of hydrogen-bond acceptors (Lipinski definition) is 3. The first-order chi connectivity index (χ1) is 7.67. The highest BCUT2D eigenvalue weighted by atomic mass is 16.5. The lowest BCUT2D eigenvalue weighted by molar-refractivity contribution is 0.168. The molecule has 1 aromatic rings. The van der Waals surface area contributed by atoms with E-state index in [9.17, 15) is 5.11 Å². The first-order valence-corrected chi connectivity index (χ1v) is 5.57. The third-order valence-electron chi connectivity index (χ3n) is 3.30. The van der Waals surface area contributed by atoms with E-state index < -0.39 is 0 Å². The summed E-state index contributed by atoms with van der Waals surface area (Å²) in [5, 5.41) is 9.52. The fourth-order valence-corrected chi connectivity index (χ4v) is 2.23. The van der Waals surface area contributed by atoms with Gasteiger partial charge in [-0.25, -0.2) is 0 Å². The molecular formula is C13H18O3. The van der Waals surface area contributed by atoms with Crippen LogP contribution in [0.5, 0.6) is 11.5 Å². The van der Waals surface area contributed by atoms with Gasteiger partial charge in [-0.3, -0.25) is 0 Å². The molecule has 2 rings (SSSR count). The Balaban J connectivity index is 2.22. The molecular weight excluding hydrogens is 204 g/mol. The van der Waals surface area contributed by atoms with Crippen LogP contribution in [-0.4, -0.2) is 25.4 Å². The lowest BCUT2D eigenvalue weighted by Crippen LogP contribution is -2.04. The van der Waals surface area contributed by atoms with E-state index in [4.69, 9.17) is 9.47 Å². The van der Waals surface area contributed by atoms with Crippen LogP contribution in [-0.2, 0) is 0 Å². The first-order valence-electron chi connectivity index (χ1n) is 5.57. The van der Waals surface area contributed by atoms with Crippen molar-refractivity contribution in [3.8, 4) is 11.5 Å². The van der Waals surface area contributed by atoms with Gasteiger partial charge in [0.1, 0.15) is 11.5 Å². The molecule has 0 aliphatic heterocycles. The van der Waals surface area contributed by atoms with E-state index in [0.717, 1.165) is 17.9 Å². The number of aliphatic hydroxyl groups excluding tert-OH is 1. The van der Waals surface area contributed by atoms with E-state index in [-0.39, 0.29) is 6.10 Å². The molecule has 0 amide bonds. The Hall–Kier alpha value is -1.22. The smallest absolute Gasteiger partial charge is 0.126 e. The Kier molecular flexibility index (Phi) is 3.06. The zero-order chi connectivity index (χ0) is 11.7. The van der Waals surface area contributed by atoms with Crippen molar-refractivity contribution in [3.05, 3.63) is 23.8 Å². The summed E-state index contributed by atoms with van der Waals surface area (Å²) < 4.78 is 10.5. The lowest BCUT2D eigenvalue weighted by atomic mass is 10.1. The molecule has 0 radical (unpaired) electrons. The maximum absolute atomic E-state index is 9.52. The zero-order valence-corrected chi connectivity index (χ0v) is 9.93. The second-order valence-electron chi connectivity index (χ2n) is 4.35. The van der Waals surface area contributed by atoms with Gasteiger partial charge in [0.25, 0.3) is 0 Å². The van der Waals surface area contributed by atoms with Crippen LogP contribution in [0, 0.1) is 5.92 Å². The van der Waals surface area contributed by atoms with Crippen molar-refractivity contribution in [2.45, 2.75) is 25.4 Å². The lowest BCUT2D eigenvalue weighted by Gasteiger charge is -2.10. The SMILES string of the molecule is COc1ccc([C@@H]2C[C@@H]2[C@@H](C)O)c(OC)c1. The van der Waals surface area contributed by atoms with Gasteiger partial charge in [0.15, 0.2) is 0 Å². The number of ether oxygens (including phenoxy) is 2. The molecule has 3 atom stereocenters. The summed E-state index contributed by atoms with van der Waals surface area (Å²) >= 11 is 0. The molecule has 0 bridgehead atoms. The number of rotatable bonds is 4. The molecule has 0 heterocycles. The summed E-state index contributed by atoms with van der Waals surface area (Å²) in [6.07, 6.45) is 0.803. The Labute approximate surface area is 96.0 Å². The Bertz CT molecular complexity index is 373. The molecule has 1 aromatic carbocycles. The van der Waals surface area contributed by atoms with Crippen molar-refractivity contribution in [2.24, 2.45) is 5.92 Å². The highest BCUT2D eigenvalue weighted by molar-refractivity contribution is 5.45. The van der Waals surface area contributed by atoms with Gasteiger partial charge in [0.2, 0.25) is 0 Å². The van der Waals surface area contributed by atoms with Crippen LogP contribution in [0.2, 0.25) is 0 Å². The summed E-state index contributed by atoms with van der Waals surface area (Å²) in [6, 6.07) is 5.87. The van der Waals surface area contributed by atoms with E-state index in [1.165, 1.54) is 5.56 Å². The summed E-state index contributed by atoms with van der Waals surface area (Å²) in [4.78, 5) is 0. The van der Waals surface area contributed by atoms with Crippen LogP contribution in [0.25, 0.3) is 0 Å². The van der Waals surface area contributed by atoms with Crippen LogP contribution >= 0.6 is 0 Å². The monoisotopic (exact) mass is 222 g/mol. The Morgan fingerprint density at radius 3 is 2.56 bits per heavy atom. The summed E-state index contributed by atoms with van der Waals surface area (Å²) in [5.74, 6) is 2.46. The molecule has 1 aliphatic carbocycles. The minimum atomic E-state index is -0.239. The molecule has 1 aliphatic rings. The van der Waals surface area contributed by atoms with E-state index >= 15 is 0 Å². The molecule has 1 saturated carbocycles. The Morgan fingerprint density at radius 2 is 2.06 bits per heavy atom. The molecule has 0 spiro atoms. The van der Waals surface area contributed by atoms with E-state index in [1.807, 2.05) is 25.1 Å². The van der Waals surface area contributed by atoms with Crippen molar-refractivity contribution >= 4 is 0 Å². The van der Waals surface area contributed by atoms with Gasteiger partial charge >= 0.3 is 0 Å². The second-order valence-corrected chi connectivity index (χ2v) is 4.35. The normalized spacial score (nSPS) is 25.0. The average Bonchev–Trinajstić information content (AvgIpc) is 3.08. The van der Waals surface area contributed by atoms with Gasteiger partial charge in [-0.1, -0.05) is 6.07 Å². The van der Waals surface area contributed by atoms with Gasteiger partial charge in [-0.2, -0.15) is 0 Å². The maximum atomic E-state index is 9.52. The molecule has 0 aromatic heterocycles. The molecule has 3 nitrogen and oxygen atoms in total. The minimum absolute atomic E-state index is 0.239. The minimum Gasteiger partial charge on any atom is -0.497 e. The van der Waals surface area contributed by atoms with Gasteiger partial charge in [0.05, 0.1) is 20.3 Å². The molecule has 1 N–H and O–H groups in total. The largest absolute Gasteiger partial charge is 0.497 e. The highest BCUT2D eigenvalue weighted by Crippen LogP contribution is 2.52. The zero-order valence-electron chi connectivity index (χ0n) is 9.93. The maximum Gasteiger partial charge on any atom is 0.126 e. The van der Waals surface area contributed by atoms with Gasteiger partial charge in [-0.15, -0.1) is 0 Å². The molecule has 1 fully saturated rings. The van der Waals surface area contributed by atoms with Gasteiger partial charge in [-0.05, 0) is 36.8 Å². The van der Waals surface area contributed by atoms with Crippen LogP contribution in [0.15, 0.2) is 18.2 Å². The summed E-state index contributed by atoms with van der Waals surface area (Å²) in [6.45, 7) is 1.85. The fourth-order valence-electron chi connectivity index (χ4n) is 2.23. The van der Waals surface area contributed by atoms with Crippen molar-refractivity contribution < 1.29 is 14.6 Å². The molecule has 16 heavy (non-hydrogen) atoms. The van der Waals surface area contributed by atoms with Gasteiger partial charge < -0.3 is 14.6 Å². The van der Waals surface area contributed by atoms with Crippen LogP contribution in [0.4, 0.5) is 0 Å². The average molecular weight is 222 g/mol. The Morgan fingerprint density at radius 1 is 1.31 bits per heavy atom. The molecule has 88 valence electrons. The van der Waals surface area contributed by atoms with Crippen molar-refractivity contribution in [1.82, 2.24) is 0 Å². The van der Waals surface area contributed by atoms with Crippen molar-refractivity contribution in [3.63, 3.8) is 0 Å². The van der Waals surface area contributed by atoms with E-state index in [2.05, 4.69) is 0 Å².